The Labute approximate surface area is 172 Å². The lowest BCUT2D eigenvalue weighted by Gasteiger charge is -2.09. The van der Waals surface area contributed by atoms with Crippen LogP contribution >= 0.6 is 23.5 Å². The Hall–Kier alpha value is -2.33. The van der Waals surface area contributed by atoms with Gasteiger partial charge in [0.2, 0.25) is 5.91 Å². The van der Waals surface area contributed by atoms with Crippen molar-refractivity contribution in [3.63, 3.8) is 0 Å². The number of amides is 1. The summed E-state index contributed by atoms with van der Waals surface area (Å²) in [5.41, 5.74) is 0.776. The van der Waals surface area contributed by atoms with Crippen LogP contribution < -0.4 is 10.6 Å². The molecule has 1 amide bonds. The van der Waals surface area contributed by atoms with Crippen molar-refractivity contribution < 1.29 is 4.79 Å². The van der Waals surface area contributed by atoms with Gasteiger partial charge in [0.05, 0.1) is 23.9 Å². The largest absolute Gasteiger partial charge is 0.369 e. The SMILES string of the molecule is CCCNc1nc(SC)nc2c1cnn2CCNC(=O)CSc1ccncc1. The van der Waals surface area contributed by atoms with Crippen LogP contribution in [0.15, 0.2) is 40.8 Å². The van der Waals surface area contributed by atoms with Gasteiger partial charge >= 0.3 is 0 Å². The van der Waals surface area contributed by atoms with Crippen LogP contribution in [0.25, 0.3) is 11.0 Å². The zero-order valence-electron chi connectivity index (χ0n) is 15.9. The number of fused-ring (bicyclic) bond motifs is 1. The van der Waals surface area contributed by atoms with E-state index in [1.807, 2.05) is 23.1 Å². The predicted molar refractivity (Wildman–Crippen MR) is 114 cm³/mol. The minimum Gasteiger partial charge on any atom is -0.369 e. The molecule has 3 aromatic heterocycles. The van der Waals surface area contributed by atoms with Gasteiger partial charge in [0.1, 0.15) is 5.82 Å². The average Bonchev–Trinajstić information content (AvgIpc) is 3.14. The van der Waals surface area contributed by atoms with Crippen molar-refractivity contribution in [3.05, 3.63) is 30.7 Å². The molecular weight excluding hydrogens is 394 g/mol. The zero-order valence-corrected chi connectivity index (χ0v) is 17.5. The summed E-state index contributed by atoms with van der Waals surface area (Å²) in [4.78, 5) is 26.2. The molecule has 0 aliphatic heterocycles. The Bertz CT molecular complexity index is 917. The maximum absolute atomic E-state index is 12.1. The normalized spacial score (nSPS) is 10.9. The maximum Gasteiger partial charge on any atom is 0.230 e. The summed E-state index contributed by atoms with van der Waals surface area (Å²) < 4.78 is 1.81. The van der Waals surface area contributed by atoms with E-state index in [-0.39, 0.29) is 5.91 Å². The lowest BCUT2D eigenvalue weighted by molar-refractivity contribution is -0.118. The first-order valence-corrected chi connectivity index (χ1v) is 11.2. The van der Waals surface area contributed by atoms with E-state index >= 15 is 0 Å². The number of rotatable bonds is 10. The minimum atomic E-state index is -0.0111. The molecule has 0 unspecified atom stereocenters. The second kappa shape index (κ2) is 10.3. The van der Waals surface area contributed by atoms with E-state index in [2.05, 4.69) is 37.6 Å². The highest BCUT2D eigenvalue weighted by atomic mass is 32.2. The van der Waals surface area contributed by atoms with E-state index < -0.39 is 0 Å². The number of carbonyl (C=O) groups is 1. The van der Waals surface area contributed by atoms with Crippen molar-refractivity contribution in [2.45, 2.75) is 29.9 Å². The molecule has 3 aromatic rings. The first-order valence-electron chi connectivity index (χ1n) is 9.02. The van der Waals surface area contributed by atoms with Crippen molar-refractivity contribution in [1.82, 2.24) is 30.0 Å². The Morgan fingerprint density at radius 2 is 2.04 bits per heavy atom. The van der Waals surface area contributed by atoms with Gasteiger partial charge in [-0.05, 0) is 24.8 Å². The van der Waals surface area contributed by atoms with Crippen molar-refractivity contribution in [2.24, 2.45) is 0 Å². The van der Waals surface area contributed by atoms with E-state index in [0.717, 1.165) is 34.7 Å². The first kappa shape index (κ1) is 20.4. The van der Waals surface area contributed by atoms with Crippen LogP contribution in [0.3, 0.4) is 0 Å². The van der Waals surface area contributed by atoms with Crippen LogP contribution in [0.2, 0.25) is 0 Å². The van der Waals surface area contributed by atoms with Crippen LogP contribution in [0.4, 0.5) is 5.82 Å². The quantitative estimate of drug-likeness (QED) is 0.384. The Balaban J connectivity index is 1.58. The number of nitrogens with zero attached hydrogens (tertiary/aromatic N) is 5. The smallest absolute Gasteiger partial charge is 0.230 e. The zero-order chi connectivity index (χ0) is 19.8. The third-order valence-corrected chi connectivity index (χ3v) is 5.43. The average molecular weight is 418 g/mol. The highest BCUT2D eigenvalue weighted by Crippen LogP contribution is 2.23. The molecular formula is C18H23N7OS2. The van der Waals surface area contributed by atoms with E-state index in [0.29, 0.717) is 24.0 Å². The number of pyridine rings is 1. The molecule has 0 aliphatic carbocycles. The fourth-order valence-electron chi connectivity index (χ4n) is 2.50. The maximum atomic E-state index is 12.1. The summed E-state index contributed by atoms with van der Waals surface area (Å²) in [7, 11) is 0. The summed E-state index contributed by atoms with van der Waals surface area (Å²) in [5.74, 6) is 1.16. The third-order valence-electron chi connectivity index (χ3n) is 3.87. The molecule has 0 bridgehead atoms. The standard InChI is InChI=1S/C18H23N7OS2/c1-3-6-21-16-14-11-22-25(17(14)24-18(23-16)27-2)10-9-20-15(26)12-28-13-4-7-19-8-5-13/h4-5,7-8,11H,3,6,9-10,12H2,1-2H3,(H,20,26)(H,21,23,24). The Morgan fingerprint density at radius 3 is 2.79 bits per heavy atom. The molecule has 0 aliphatic rings. The second-order valence-electron chi connectivity index (χ2n) is 5.91. The highest BCUT2D eigenvalue weighted by Gasteiger charge is 2.12. The molecule has 148 valence electrons. The van der Waals surface area contributed by atoms with Crippen molar-refractivity contribution in [3.8, 4) is 0 Å². The Kier molecular flexibility index (Phi) is 7.49. The fraction of sp³-hybridized carbons (Fsp3) is 0.389. The number of anilines is 1. The van der Waals surface area contributed by atoms with Crippen molar-refractivity contribution in [1.29, 1.82) is 0 Å². The molecule has 28 heavy (non-hydrogen) atoms. The van der Waals surface area contributed by atoms with Gasteiger partial charge in [-0.15, -0.1) is 11.8 Å². The van der Waals surface area contributed by atoms with Gasteiger partial charge in [-0.3, -0.25) is 9.78 Å². The molecule has 0 atom stereocenters. The summed E-state index contributed by atoms with van der Waals surface area (Å²) in [6.45, 7) is 3.99. The van der Waals surface area contributed by atoms with E-state index in [9.17, 15) is 4.79 Å². The molecule has 3 rings (SSSR count). The first-order chi connectivity index (χ1) is 13.7. The van der Waals surface area contributed by atoms with Gasteiger partial charge in [-0.25, -0.2) is 14.6 Å². The van der Waals surface area contributed by atoms with Gasteiger partial charge in [0.15, 0.2) is 10.8 Å². The summed E-state index contributed by atoms with van der Waals surface area (Å²) in [6.07, 6.45) is 8.18. The molecule has 0 fully saturated rings. The number of aromatic nitrogens is 5. The summed E-state index contributed by atoms with van der Waals surface area (Å²) in [5, 5.41) is 12.3. The van der Waals surface area contributed by atoms with Crippen LogP contribution in [0.5, 0.6) is 0 Å². The lowest BCUT2D eigenvalue weighted by Crippen LogP contribution is -2.29. The molecule has 3 heterocycles. The third kappa shape index (κ3) is 5.35. The van der Waals surface area contributed by atoms with Crippen LogP contribution in [0, 0.1) is 0 Å². The molecule has 0 spiro atoms. The van der Waals surface area contributed by atoms with Gasteiger partial charge in [0, 0.05) is 30.4 Å². The Morgan fingerprint density at radius 1 is 1.21 bits per heavy atom. The predicted octanol–water partition coefficient (Wildman–Crippen LogP) is 2.67. The number of carbonyl (C=O) groups excluding carboxylic acids is 1. The van der Waals surface area contributed by atoms with Crippen molar-refractivity contribution >= 4 is 46.3 Å². The van der Waals surface area contributed by atoms with Gasteiger partial charge in [-0.2, -0.15) is 5.10 Å². The number of hydrogen-bond donors (Lipinski definition) is 2. The van der Waals surface area contributed by atoms with Gasteiger partial charge in [-0.1, -0.05) is 18.7 Å². The molecule has 10 heteroatoms. The van der Waals surface area contributed by atoms with E-state index in [1.54, 1.807) is 18.6 Å². The van der Waals surface area contributed by atoms with Crippen LogP contribution in [-0.4, -0.2) is 55.7 Å². The second-order valence-corrected chi connectivity index (χ2v) is 7.73. The molecule has 0 aromatic carbocycles. The van der Waals surface area contributed by atoms with Crippen LogP contribution in [-0.2, 0) is 11.3 Å². The number of thioether (sulfide) groups is 2. The minimum absolute atomic E-state index is 0.0111. The molecule has 0 radical (unpaired) electrons. The highest BCUT2D eigenvalue weighted by molar-refractivity contribution is 8.00. The van der Waals surface area contributed by atoms with Gasteiger partial charge in [0.25, 0.3) is 0 Å². The monoisotopic (exact) mass is 417 g/mol. The van der Waals surface area contributed by atoms with E-state index in [4.69, 9.17) is 0 Å². The van der Waals surface area contributed by atoms with Crippen LogP contribution in [0.1, 0.15) is 13.3 Å². The van der Waals surface area contributed by atoms with Crippen molar-refractivity contribution in [2.75, 3.05) is 30.4 Å². The van der Waals surface area contributed by atoms with E-state index in [1.165, 1.54) is 23.5 Å². The summed E-state index contributed by atoms with van der Waals surface area (Å²) >= 11 is 2.98. The molecule has 2 N–H and O–H groups in total. The molecule has 0 saturated heterocycles. The molecule has 8 nitrogen and oxygen atoms in total. The number of nitrogens with one attached hydrogen (secondary N) is 2. The van der Waals surface area contributed by atoms with Gasteiger partial charge < -0.3 is 10.6 Å². The fourth-order valence-corrected chi connectivity index (χ4v) is 3.58. The topological polar surface area (TPSA) is 97.6 Å². The lowest BCUT2D eigenvalue weighted by atomic mass is 10.3. The summed E-state index contributed by atoms with van der Waals surface area (Å²) in [6, 6.07) is 3.78. The molecule has 0 saturated carbocycles. The number of hydrogen-bond acceptors (Lipinski definition) is 8.